The van der Waals surface area contributed by atoms with Crippen molar-refractivity contribution in [3.05, 3.63) is 63.1 Å². The molecule has 0 aromatic heterocycles. The molecule has 0 aliphatic rings. The van der Waals surface area contributed by atoms with Gasteiger partial charge in [-0.25, -0.2) is 0 Å². The monoisotopic (exact) mass is 310 g/mol. The molecule has 0 spiro atoms. The summed E-state index contributed by atoms with van der Waals surface area (Å²) in [5, 5.41) is 13.7. The van der Waals surface area contributed by atoms with Crippen LogP contribution in [0.25, 0.3) is 0 Å². The Morgan fingerprint density at radius 1 is 0.947 bits per heavy atom. The number of nitriles is 1. The van der Waals surface area contributed by atoms with Gasteiger partial charge in [-0.05, 0) is 18.2 Å². The van der Waals surface area contributed by atoms with Crippen LogP contribution in [0.3, 0.4) is 0 Å². The summed E-state index contributed by atoms with van der Waals surface area (Å²) in [5.74, 6) is 0. The first-order valence-electron chi connectivity index (χ1n) is 5.48. The molecule has 19 heavy (non-hydrogen) atoms. The topological polar surface area (TPSA) is 35.8 Å². The lowest BCUT2D eigenvalue weighted by molar-refractivity contribution is 0.998. The predicted molar refractivity (Wildman–Crippen MR) is 79.9 cm³/mol. The van der Waals surface area contributed by atoms with E-state index in [-0.39, 0.29) is 0 Å². The molecule has 0 saturated heterocycles. The molecule has 5 heteroatoms. The van der Waals surface area contributed by atoms with Crippen LogP contribution in [0, 0.1) is 11.3 Å². The molecule has 1 N–H and O–H groups in total. The molecule has 0 radical (unpaired) electrons. The lowest BCUT2D eigenvalue weighted by atomic mass is 10.1. The fraction of sp³-hybridized carbons (Fsp3) is 0.0714. The summed E-state index contributed by atoms with van der Waals surface area (Å²) >= 11 is 18.1. The van der Waals surface area contributed by atoms with E-state index in [0.717, 1.165) is 0 Å². The third-order valence-electron chi connectivity index (χ3n) is 2.60. The lowest BCUT2D eigenvalue weighted by Gasteiger charge is -2.16. The average molecular weight is 312 g/mol. The van der Waals surface area contributed by atoms with Gasteiger partial charge >= 0.3 is 0 Å². The van der Waals surface area contributed by atoms with Crippen LogP contribution >= 0.6 is 34.8 Å². The molecule has 2 nitrogen and oxygen atoms in total. The molecular formula is C14H9Cl3N2. The number of hydrogen-bond acceptors (Lipinski definition) is 2. The molecule has 0 aliphatic carbocycles. The number of benzene rings is 2. The number of anilines is 1. The second-order valence-corrected chi connectivity index (χ2v) is 5.02. The zero-order valence-corrected chi connectivity index (χ0v) is 12.0. The Labute approximate surface area is 126 Å². The molecule has 2 aromatic rings. The number of para-hydroxylation sites is 1. The van der Waals surface area contributed by atoms with E-state index in [4.69, 9.17) is 34.8 Å². The molecule has 0 bridgehead atoms. The van der Waals surface area contributed by atoms with Crippen molar-refractivity contribution in [2.24, 2.45) is 0 Å². The van der Waals surface area contributed by atoms with Gasteiger partial charge in [-0.3, -0.25) is 0 Å². The molecule has 96 valence electrons. The molecule has 2 aromatic carbocycles. The summed E-state index contributed by atoms with van der Waals surface area (Å²) in [6.07, 6.45) is 0. The van der Waals surface area contributed by atoms with E-state index in [9.17, 15) is 5.26 Å². The highest BCUT2D eigenvalue weighted by molar-refractivity contribution is 6.42. The van der Waals surface area contributed by atoms with Gasteiger partial charge in [0.1, 0.15) is 6.04 Å². The van der Waals surface area contributed by atoms with Gasteiger partial charge in [-0.1, -0.05) is 59.1 Å². The lowest BCUT2D eigenvalue weighted by Crippen LogP contribution is -2.09. The largest absolute Gasteiger partial charge is 0.365 e. The normalized spacial score (nSPS) is 11.7. The van der Waals surface area contributed by atoms with Gasteiger partial charge in [0.2, 0.25) is 0 Å². The van der Waals surface area contributed by atoms with Crippen molar-refractivity contribution in [2.75, 3.05) is 5.32 Å². The van der Waals surface area contributed by atoms with E-state index in [1.54, 1.807) is 30.3 Å². The van der Waals surface area contributed by atoms with Gasteiger partial charge in [0, 0.05) is 5.56 Å². The summed E-state index contributed by atoms with van der Waals surface area (Å²) < 4.78 is 0. The van der Waals surface area contributed by atoms with Crippen molar-refractivity contribution in [1.82, 2.24) is 0 Å². The summed E-state index contributed by atoms with van der Waals surface area (Å²) in [6.45, 7) is 0. The summed E-state index contributed by atoms with van der Waals surface area (Å²) in [7, 11) is 0. The van der Waals surface area contributed by atoms with Gasteiger partial charge < -0.3 is 5.32 Å². The highest BCUT2D eigenvalue weighted by atomic mass is 35.5. The first kappa shape index (κ1) is 14.0. The molecule has 0 fully saturated rings. The second kappa shape index (κ2) is 6.16. The van der Waals surface area contributed by atoms with Crippen molar-refractivity contribution in [2.45, 2.75) is 6.04 Å². The molecule has 0 amide bonds. The third-order valence-corrected chi connectivity index (χ3v) is 3.76. The second-order valence-electron chi connectivity index (χ2n) is 3.83. The van der Waals surface area contributed by atoms with Crippen LogP contribution in [0.2, 0.25) is 15.1 Å². The van der Waals surface area contributed by atoms with Crippen molar-refractivity contribution in [3.63, 3.8) is 0 Å². The van der Waals surface area contributed by atoms with Crippen LogP contribution in [0.15, 0.2) is 42.5 Å². The fourth-order valence-corrected chi connectivity index (χ4v) is 2.26. The maximum absolute atomic E-state index is 9.29. The highest BCUT2D eigenvalue weighted by Gasteiger charge is 2.16. The zero-order chi connectivity index (χ0) is 13.8. The Hall–Kier alpha value is -1.40. The third kappa shape index (κ3) is 3.13. The molecule has 0 heterocycles. The van der Waals surface area contributed by atoms with E-state index in [1.165, 1.54) is 0 Å². The van der Waals surface area contributed by atoms with Crippen LogP contribution in [-0.2, 0) is 0 Å². The van der Waals surface area contributed by atoms with E-state index in [2.05, 4.69) is 11.4 Å². The summed E-state index contributed by atoms with van der Waals surface area (Å²) in [4.78, 5) is 0. The highest BCUT2D eigenvalue weighted by Crippen LogP contribution is 2.32. The minimum absolute atomic E-state index is 0.371. The van der Waals surface area contributed by atoms with Crippen LogP contribution in [0.5, 0.6) is 0 Å². The summed E-state index contributed by atoms with van der Waals surface area (Å²) in [5.41, 5.74) is 1.29. The Kier molecular flexibility index (Phi) is 4.55. The van der Waals surface area contributed by atoms with Crippen LogP contribution < -0.4 is 5.32 Å². The smallest absolute Gasteiger partial charge is 0.141 e. The maximum Gasteiger partial charge on any atom is 0.141 e. The minimum atomic E-state index is -0.619. The van der Waals surface area contributed by atoms with Crippen molar-refractivity contribution >= 4 is 40.5 Å². The number of halogens is 3. The van der Waals surface area contributed by atoms with E-state index >= 15 is 0 Å². The van der Waals surface area contributed by atoms with Crippen molar-refractivity contribution in [1.29, 1.82) is 5.26 Å². The standard InChI is InChI=1S/C14H9Cl3N2/c15-10-5-1-2-7-12(10)19-13(8-18)9-4-3-6-11(16)14(9)17/h1-7,13,19H. The predicted octanol–water partition coefficient (Wildman–Crippen LogP) is 5.32. The molecule has 0 saturated carbocycles. The maximum atomic E-state index is 9.29. The van der Waals surface area contributed by atoms with Crippen molar-refractivity contribution < 1.29 is 0 Å². The fourth-order valence-electron chi connectivity index (χ4n) is 1.66. The zero-order valence-electron chi connectivity index (χ0n) is 9.70. The Morgan fingerprint density at radius 2 is 1.63 bits per heavy atom. The number of rotatable bonds is 3. The van der Waals surface area contributed by atoms with Gasteiger partial charge in [-0.15, -0.1) is 0 Å². The molecule has 0 aliphatic heterocycles. The summed E-state index contributed by atoms with van der Waals surface area (Å²) in [6, 6.07) is 13.9. The molecule has 2 rings (SSSR count). The van der Waals surface area contributed by atoms with E-state index in [0.29, 0.717) is 26.3 Å². The minimum Gasteiger partial charge on any atom is -0.365 e. The van der Waals surface area contributed by atoms with Crippen LogP contribution in [0.4, 0.5) is 5.69 Å². The molecular weight excluding hydrogens is 303 g/mol. The number of hydrogen-bond donors (Lipinski definition) is 1. The van der Waals surface area contributed by atoms with Gasteiger partial charge in [0.25, 0.3) is 0 Å². The first-order chi connectivity index (χ1) is 9.13. The molecule has 1 atom stereocenters. The van der Waals surface area contributed by atoms with Crippen LogP contribution in [-0.4, -0.2) is 0 Å². The van der Waals surface area contributed by atoms with Gasteiger partial charge in [-0.2, -0.15) is 5.26 Å². The van der Waals surface area contributed by atoms with Gasteiger partial charge in [0.05, 0.1) is 26.8 Å². The Bertz CT molecular complexity index is 635. The first-order valence-corrected chi connectivity index (χ1v) is 6.61. The Morgan fingerprint density at radius 3 is 2.32 bits per heavy atom. The Balaban J connectivity index is 2.34. The quantitative estimate of drug-likeness (QED) is 0.832. The SMILES string of the molecule is N#CC(Nc1ccccc1Cl)c1cccc(Cl)c1Cl. The van der Waals surface area contributed by atoms with E-state index < -0.39 is 6.04 Å². The van der Waals surface area contributed by atoms with Crippen molar-refractivity contribution in [3.8, 4) is 6.07 Å². The van der Waals surface area contributed by atoms with Crippen LogP contribution in [0.1, 0.15) is 11.6 Å². The number of nitrogens with zero attached hydrogens (tertiary/aromatic N) is 1. The van der Waals surface area contributed by atoms with E-state index in [1.807, 2.05) is 12.1 Å². The average Bonchev–Trinajstić information content (AvgIpc) is 2.41. The van der Waals surface area contributed by atoms with Gasteiger partial charge in [0.15, 0.2) is 0 Å². The number of nitrogens with one attached hydrogen (secondary N) is 1. The molecule has 1 unspecified atom stereocenters.